The third-order valence-corrected chi connectivity index (χ3v) is 5.86. The zero-order valence-electron chi connectivity index (χ0n) is 22.1. The van der Waals surface area contributed by atoms with Crippen molar-refractivity contribution in [2.75, 3.05) is 0 Å². The van der Waals surface area contributed by atoms with Crippen molar-refractivity contribution in [3.05, 3.63) is 158 Å². The maximum absolute atomic E-state index is 6.37. The van der Waals surface area contributed by atoms with Crippen LogP contribution in [0, 0.1) is 0 Å². The third-order valence-electron chi connectivity index (χ3n) is 5.86. The lowest BCUT2D eigenvalue weighted by Gasteiger charge is -2.15. The van der Waals surface area contributed by atoms with E-state index in [1.54, 1.807) is 0 Å². The Kier molecular flexibility index (Phi) is 7.77. The summed E-state index contributed by atoms with van der Waals surface area (Å²) < 4.78 is 30.9. The first-order chi connectivity index (χ1) is 20.2. The van der Waals surface area contributed by atoms with Crippen LogP contribution < -0.4 is 23.7 Å². The lowest BCUT2D eigenvalue weighted by atomic mass is 10.2. The van der Waals surface area contributed by atoms with Crippen molar-refractivity contribution in [2.24, 2.45) is 0 Å². The average Bonchev–Trinajstić information content (AvgIpc) is 2.99. The second kappa shape index (κ2) is 12.5. The lowest BCUT2D eigenvalue weighted by Crippen LogP contribution is -1.93. The molecule has 0 atom stereocenters. The van der Waals surface area contributed by atoms with E-state index in [-0.39, 0.29) is 0 Å². The summed E-state index contributed by atoms with van der Waals surface area (Å²) in [5.41, 5.74) is 0. The smallest absolute Gasteiger partial charge is 0.134 e. The van der Waals surface area contributed by atoms with E-state index < -0.39 is 0 Å². The minimum atomic E-state index is 0.520. The molecule has 0 unspecified atom stereocenters. The lowest BCUT2D eigenvalue weighted by molar-refractivity contribution is 0.429. The van der Waals surface area contributed by atoms with Crippen LogP contribution in [-0.4, -0.2) is 0 Å². The molecule has 0 aliphatic rings. The van der Waals surface area contributed by atoms with Crippen molar-refractivity contribution in [3.63, 3.8) is 0 Å². The quantitative estimate of drug-likeness (QED) is 0.174. The van der Waals surface area contributed by atoms with E-state index in [9.17, 15) is 0 Å². The molecule has 0 heterocycles. The van der Waals surface area contributed by atoms with Crippen LogP contribution in [0.25, 0.3) is 0 Å². The van der Waals surface area contributed by atoms with Crippen LogP contribution in [0.3, 0.4) is 0 Å². The zero-order chi connectivity index (χ0) is 27.7. The van der Waals surface area contributed by atoms with Gasteiger partial charge >= 0.3 is 0 Å². The Labute approximate surface area is 238 Å². The van der Waals surface area contributed by atoms with Crippen LogP contribution in [-0.2, 0) is 0 Å². The molecule has 0 spiro atoms. The number of rotatable bonds is 10. The van der Waals surface area contributed by atoms with E-state index >= 15 is 0 Å². The number of hydrogen-bond acceptors (Lipinski definition) is 5. The normalized spacial score (nSPS) is 10.4. The summed E-state index contributed by atoms with van der Waals surface area (Å²) in [5, 5.41) is 0. The van der Waals surface area contributed by atoms with Gasteiger partial charge in [0.15, 0.2) is 0 Å². The Morgan fingerprint density at radius 2 is 0.366 bits per heavy atom. The molecular weight excluding hydrogens is 512 g/mol. The molecule has 0 amide bonds. The van der Waals surface area contributed by atoms with E-state index in [4.69, 9.17) is 23.7 Å². The van der Waals surface area contributed by atoms with Crippen LogP contribution in [0.2, 0.25) is 0 Å². The molecule has 0 N–H and O–H groups in total. The van der Waals surface area contributed by atoms with Crippen LogP contribution in [0.15, 0.2) is 158 Å². The second-order valence-corrected chi connectivity index (χ2v) is 9.04. The molecule has 6 aromatic rings. The summed E-state index contributed by atoms with van der Waals surface area (Å²) in [6.07, 6.45) is 0. The van der Waals surface area contributed by atoms with Gasteiger partial charge in [0.05, 0.1) is 0 Å². The molecule has 5 heteroatoms. The molecule has 0 aromatic heterocycles. The molecule has 5 nitrogen and oxygen atoms in total. The van der Waals surface area contributed by atoms with E-state index in [0.29, 0.717) is 57.5 Å². The van der Waals surface area contributed by atoms with Crippen molar-refractivity contribution >= 4 is 0 Å². The largest absolute Gasteiger partial charge is 0.457 e. The summed E-state index contributed by atoms with van der Waals surface area (Å²) in [5.74, 6) is 6.11. The van der Waals surface area contributed by atoms with Gasteiger partial charge in [-0.15, -0.1) is 0 Å². The third kappa shape index (κ3) is 7.25. The van der Waals surface area contributed by atoms with Gasteiger partial charge < -0.3 is 23.7 Å². The summed E-state index contributed by atoms with van der Waals surface area (Å²) >= 11 is 0. The minimum absolute atomic E-state index is 0.520. The predicted octanol–water partition coefficient (Wildman–Crippen LogP) is 10.6. The topological polar surface area (TPSA) is 46.2 Å². The van der Waals surface area contributed by atoms with E-state index in [0.717, 1.165) is 0 Å². The van der Waals surface area contributed by atoms with Gasteiger partial charge in [-0.1, -0.05) is 72.8 Å². The van der Waals surface area contributed by atoms with Gasteiger partial charge in [-0.25, -0.2) is 0 Å². The van der Waals surface area contributed by atoms with Crippen molar-refractivity contribution in [2.45, 2.75) is 0 Å². The summed E-state index contributed by atoms with van der Waals surface area (Å²) in [6.45, 7) is 0. The number of ether oxygens (including phenoxy) is 5. The minimum Gasteiger partial charge on any atom is -0.457 e. The van der Waals surface area contributed by atoms with Crippen molar-refractivity contribution in [1.29, 1.82) is 0 Å². The predicted molar refractivity (Wildman–Crippen MR) is 159 cm³/mol. The first-order valence-electron chi connectivity index (χ1n) is 13.1. The number of benzene rings is 6. The highest BCUT2D eigenvalue weighted by molar-refractivity contribution is 5.50. The highest BCUT2D eigenvalue weighted by Gasteiger charge is 2.11. The van der Waals surface area contributed by atoms with Gasteiger partial charge in [0.2, 0.25) is 0 Å². The second-order valence-electron chi connectivity index (χ2n) is 9.04. The van der Waals surface area contributed by atoms with Crippen molar-refractivity contribution in [3.8, 4) is 57.5 Å². The van der Waals surface area contributed by atoms with Crippen LogP contribution in [0.5, 0.6) is 57.5 Å². The molecule has 0 fully saturated rings. The van der Waals surface area contributed by atoms with Crippen LogP contribution in [0.1, 0.15) is 0 Å². The Bertz CT molecular complexity index is 1440. The standard InChI is InChI=1S/C36H26O5/c1-5-13-27(14-6-1)37-31-21-32(38-28-15-7-2-8-16-28)24-35(23-31)41-36-25-33(39-29-17-9-3-10-18-29)22-34(26-36)40-30-19-11-4-12-20-30/h1-26H. The average molecular weight is 539 g/mol. The van der Waals surface area contributed by atoms with Gasteiger partial charge in [0.1, 0.15) is 57.5 Å². The van der Waals surface area contributed by atoms with Gasteiger partial charge in [-0.05, 0) is 48.5 Å². The first kappa shape index (κ1) is 25.6. The van der Waals surface area contributed by atoms with E-state index in [1.807, 2.05) is 158 Å². The summed E-state index contributed by atoms with van der Waals surface area (Å²) in [4.78, 5) is 0. The Balaban J connectivity index is 1.34. The first-order valence-corrected chi connectivity index (χ1v) is 13.1. The molecule has 0 saturated heterocycles. The summed E-state index contributed by atoms with van der Waals surface area (Å²) in [7, 11) is 0. The molecule has 0 aliphatic carbocycles. The highest BCUT2D eigenvalue weighted by atomic mass is 16.5. The zero-order valence-corrected chi connectivity index (χ0v) is 22.1. The summed E-state index contributed by atoms with van der Waals surface area (Å²) in [6, 6.07) is 49.2. The highest BCUT2D eigenvalue weighted by Crippen LogP contribution is 2.39. The SMILES string of the molecule is c1ccc(Oc2cc(Oc3ccccc3)cc(Oc3cc(Oc4ccccc4)cc(Oc4ccccc4)c3)c2)cc1. The van der Waals surface area contributed by atoms with Gasteiger partial charge in [0.25, 0.3) is 0 Å². The van der Waals surface area contributed by atoms with Gasteiger partial charge in [-0.2, -0.15) is 0 Å². The van der Waals surface area contributed by atoms with E-state index in [2.05, 4.69) is 0 Å². The maximum atomic E-state index is 6.37. The molecular formula is C36H26O5. The molecule has 6 aromatic carbocycles. The fourth-order valence-corrected chi connectivity index (χ4v) is 4.08. The van der Waals surface area contributed by atoms with Crippen molar-refractivity contribution in [1.82, 2.24) is 0 Å². The molecule has 200 valence electrons. The Hall–Kier alpha value is -5.68. The number of hydrogen-bond donors (Lipinski definition) is 0. The van der Waals surface area contributed by atoms with Gasteiger partial charge in [0, 0.05) is 36.4 Å². The number of para-hydroxylation sites is 4. The van der Waals surface area contributed by atoms with Crippen LogP contribution in [0.4, 0.5) is 0 Å². The Morgan fingerprint density at radius 3 is 0.561 bits per heavy atom. The van der Waals surface area contributed by atoms with E-state index in [1.165, 1.54) is 0 Å². The molecule has 0 saturated carbocycles. The molecule has 0 aliphatic heterocycles. The fourth-order valence-electron chi connectivity index (χ4n) is 4.08. The maximum Gasteiger partial charge on any atom is 0.134 e. The van der Waals surface area contributed by atoms with Gasteiger partial charge in [-0.3, -0.25) is 0 Å². The monoisotopic (exact) mass is 538 g/mol. The molecule has 6 rings (SSSR count). The van der Waals surface area contributed by atoms with Crippen LogP contribution >= 0.6 is 0 Å². The van der Waals surface area contributed by atoms with Crippen molar-refractivity contribution < 1.29 is 23.7 Å². The Morgan fingerprint density at radius 1 is 0.195 bits per heavy atom. The fraction of sp³-hybridized carbons (Fsp3) is 0. The molecule has 0 bridgehead atoms. The molecule has 41 heavy (non-hydrogen) atoms. The molecule has 0 radical (unpaired) electrons.